The van der Waals surface area contributed by atoms with E-state index in [9.17, 15) is 18.0 Å². The van der Waals surface area contributed by atoms with Crippen molar-refractivity contribution in [3.05, 3.63) is 125 Å². The predicted molar refractivity (Wildman–Crippen MR) is 183 cm³/mol. The number of anilines is 1. The minimum absolute atomic E-state index is 0.0230. The zero-order valence-electron chi connectivity index (χ0n) is 26.4. The number of carbonyl (C=O) groups excluding carboxylic acids is 2. The van der Waals surface area contributed by atoms with Crippen molar-refractivity contribution in [2.75, 3.05) is 24.0 Å². The molecule has 4 aromatic rings. The first-order chi connectivity index (χ1) is 22.1. The highest BCUT2D eigenvalue weighted by molar-refractivity contribution is 7.92. The molecule has 0 aliphatic heterocycles. The average molecular weight is 662 g/mol. The number of hydrogen-bond donors (Lipinski definition) is 1. The first-order valence-electron chi connectivity index (χ1n) is 15.3. The van der Waals surface area contributed by atoms with Crippen LogP contribution in [-0.2, 0) is 32.6 Å². The van der Waals surface area contributed by atoms with E-state index in [0.29, 0.717) is 23.9 Å². The number of ether oxygens (including phenoxy) is 1. The van der Waals surface area contributed by atoms with Gasteiger partial charge in [0.05, 0.1) is 17.2 Å². The third kappa shape index (κ3) is 9.11. The van der Waals surface area contributed by atoms with Crippen LogP contribution in [-0.4, -0.2) is 50.9 Å². The van der Waals surface area contributed by atoms with Gasteiger partial charge in [0, 0.05) is 24.5 Å². The Bertz CT molecular complexity index is 1680. The van der Waals surface area contributed by atoms with E-state index < -0.39 is 28.5 Å². The Morgan fingerprint density at radius 1 is 0.848 bits per heavy atom. The summed E-state index contributed by atoms with van der Waals surface area (Å²) in [7, 11) is -4.24. The minimum Gasteiger partial charge on any atom is -0.494 e. The highest BCUT2D eigenvalue weighted by Crippen LogP contribution is 2.28. The Hall–Kier alpha value is -4.34. The Balaban J connectivity index is 1.79. The maximum absolute atomic E-state index is 14.5. The second-order valence-electron chi connectivity index (χ2n) is 10.9. The van der Waals surface area contributed by atoms with Crippen LogP contribution >= 0.6 is 11.6 Å². The van der Waals surface area contributed by atoms with E-state index in [4.69, 9.17) is 16.3 Å². The summed E-state index contributed by atoms with van der Waals surface area (Å²) in [6, 6.07) is 28.6. The molecule has 0 spiro atoms. The van der Waals surface area contributed by atoms with Crippen LogP contribution in [0.15, 0.2) is 108 Å². The van der Waals surface area contributed by atoms with Crippen LogP contribution in [0.25, 0.3) is 0 Å². The van der Waals surface area contributed by atoms with Crippen LogP contribution in [0.4, 0.5) is 5.69 Å². The first kappa shape index (κ1) is 34.5. The summed E-state index contributed by atoms with van der Waals surface area (Å²) in [6.45, 7) is 6.24. The van der Waals surface area contributed by atoms with Crippen molar-refractivity contribution < 1.29 is 22.7 Å². The van der Waals surface area contributed by atoms with Gasteiger partial charge in [0.15, 0.2) is 0 Å². The van der Waals surface area contributed by atoms with Gasteiger partial charge >= 0.3 is 0 Å². The molecule has 2 amide bonds. The quantitative estimate of drug-likeness (QED) is 0.159. The van der Waals surface area contributed by atoms with Gasteiger partial charge in [0.1, 0.15) is 18.3 Å². The lowest BCUT2D eigenvalue weighted by atomic mass is 10.0. The molecule has 0 aliphatic rings. The van der Waals surface area contributed by atoms with Gasteiger partial charge in [-0.2, -0.15) is 0 Å². The fraction of sp³-hybridized carbons (Fsp3) is 0.278. The largest absolute Gasteiger partial charge is 0.494 e. The molecule has 0 aliphatic carbocycles. The number of carbonyl (C=O) groups is 2. The average Bonchev–Trinajstić information content (AvgIpc) is 3.06. The van der Waals surface area contributed by atoms with Crippen molar-refractivity contribution in [2.45, 2.75) is 51.1 Å². The zero-order valence-corrected chi connectivity index (χ0v) is 27.9. The maximum Gasteiger partial charge on any atom is 0.264 e. The molecule has 0 aromatic heterocycles. The normalized spacial score (nSPS) is 11.8. The Labute approximate surface area is 277 Å². The molecule has 0 heterocycles. The topological polar surface area (TPSA) is 96.0 Å². The number of amides is 2. The van der Waals surface area contributed by atoms with Gasteiger partial charge in [-0.05, 0) is 79.9 Å². The van der Waals surface area contributed by atoms with E-state index in [-0.39, 0.29) is 29.5 Å². The standard InChI is InChI=1S/C36H40ClN3O5S/c1-4-23-38-36(42)34(24-28-9-7-6-8-10-28)39(25-29-13-11-27(3)12-14-29)35(41)26-40(31-17-19-32(20-18-31)45-5-2)46(43,44)33-21-15-30(37)16-22-33/h6-22,34H,4-5,23-26H2,1-3H3,(H,38,42). The van der Waals surface area contributed by atoms with Gasteiger partial charge in [-0.1, -0.05) is 78.7 Å². The molecule has 0 radical (unpaired) electrons. The number of benzene rings is 4. The van der Waals surface area contributed by atoms with E-state index in [0.717, 1.165) is 27.4 Å². The lowest BCUT2D eigenvalue weighted by molar-refractivity contribution is -0.140. The Morgan fingerprint density at radius 2 is 1.50 bits per heavy atom. The molecule has 0 fully saturated rings. The smallest absolute Gasteiger partial charge is 0.264 e. The van der Waals surface area contributed by atoms with E-state index in [1.165, 1.54) is 29.2 Å². The van der Waals surface area contributed by atoms with Crippen LogP contribution < -0.4 is 14.4 Å². The lowest BCUT2D eigenvalue weighted by Crippen LogP contribution is -2.53. The predicted octanol–water partition coefficient (Wildman–Crippen LogP) is 6.41. The summed E-state index contributed by atoms with van der Waals surface area (Å²) in [5, 5.41) is 3.34. The lowest BCUT2D eigenvalue weighted by Gasteiger charge is -2.34. The van der Waals surface area contributed by atoms with Gasteiger partial charge in [-0.15, -0.1) is 0 Å². The van der Waals surface area contributed by atoms with E-state index >= 15 is 0 Å². The number of rotatable bonds is 15. The second-order valence-corrected chi connectivity index (χ2v) is 13.2. The number of nitrogens with zero attached hydrogens (tertiary/aromatic N) is 2. The highest BCUT2D eigenvalue weighted by Gasteiger charge is 2.34. The molecule has 0 saturated carbocycles. The SMILES string of the molecule is CCCNC(=O)C(Cc1ccccc1)N(Cc1ccc(C)cc1)C(=O)CN(c1ccc(OCC)cc1)S(=O)(=O)c1ccc(Cl)cc1. The fourth-order valence-electron chi connectivity index (χ4n) is 4.95. The first-order valence-corrected chi connectivity index (χ1v) is 17.1. The molecule has 1 atom stereocenters. The molecule has 1 N–H and O–H groups in total. The molecule has 242 valence electrons. The summed E-state index contributed by atoms with van der Waals surface area (Å²) >= 11 is 6.06. The zero-order chi connectivity index (χ0) is 33.1. The van der Waals surface area contributed by atoms with Crippen LogP contribution in [0.5, 0.6) is 5.75 Å². The van der Waals surface area contributed by atoms with Crippen LogP contribution in [0.1, 0.15) is 37.0 Å². The number of nitrogens with one attached hydrogen (secondary N) is 1. The van der Waals surface area contributed by atoms with E-state index in [1.54, 1.807) is 24.3 Å². The van der Waals surface area contributed by atoms with Crippen LogP contribution in [0.2, 0.25) is 5.02 Å². The van der Waals surface area contributed by atoms with E-state index in [1.807, 2.05) is 75.4 Å². The fourth-order valence-corrected chi connectivity index (χ4v) is 6.49. The van der Waals surface area contributed by atoms with Crippen molar-refractivity contribution in [2.24, 2.45) is 0 Å². The number of aryl methyl sites for hydroxylation is 1. The monoisotopic (exact) mass is 661 g/mol. The molecule has 4 rings (SSSR count). The number of sulfonamides is 1. The van der Waals surface area contributed by atoms with Crippen molar-refractivity contribution in [1.29, 1.82) is 0 Å². The molecule has 0 bridgehead atoms. The summed E-state index contributed by atoms with van der Waals surface area (Å²) in [5.41, 5.74) is 3.02. The minimum atomic E-state index is -4.24. The van der Waals surface area contributed by atoms with Crippen molar-refractivity contribution >= 4 is 39.1 Å². The molecular weight excluding hydrogens is 622 g/mol. The van der Waals surface area contributed by atoms with E-state index in [2.05, 4.69) is 5.32 Å². The summed E-state index contributed by atoms with van der Waals surface area (Å²) < 4.78 is 34.9. The molecule has 4 aromatic carbocycles. The van der Waals surface area contributed by atoms with Crippen molar-refractivity contribution in [1.82, 2.24) is 10.2 Å². The molecule has 0 saturated heterocycles. The Kier molecular flexibility index (Phi) is 12.2. The molecular formula is C36H40ClN3O5S. The molecule has 1 unspecified atom stereocenters. The van der Waals surface area contributed by atoms with Gasteiger partial charge < -0.3 is 15.0 Å². The Morgan fingerprint density at radius 3 is 2.11 bits per heavy atom. The highest BCUT2D eigenvalue weighted by atomic mass is 35.5. The second kappa shape index (κ2) is 16.3. The molecule has 10 heteroatoms. The molecule has 46 heavy (non-hydrogen) atoms. The third-order valence-corrected chi connectivity index (χ3v) is 9.45. The number of halogens is 1. The van der Waals surface area contributed by atoms with Crippen LogP contribution in [0.3, 0.4) is 0 Å². The molecule has 8 nitrogen and oxygen atoms in total. The summed E-state index contributed by atoms with van der Waals surface area (Å²) in [4.78, 5) is 29.7. The van der Waals surface area contributed by atoms with Crippen LogP contribution in [0, 0.1) is 6.92 Å². The number of hydrogen-bond acceptors (Lipinski definition) is 5. The summed E-state index contributed by atoms with van der Waals surface area (Å²) in [6.07, 6.45) is 0.974. The van der Waals surface area contributed by atoms with Gasteiger partial charge in [0.25, 0.3) is 10.0 Å². The van der Waals surface area contributed by atoms with Crippen molar-refractivity contribution in [3.63, 3.8) is 0 Å². The van der Waals surface area contributed by atoms with Gasteiger partial charge in [-0.3, -0.25) is 13.9 Å². The van der Waals surface area contributed by atoms with Gasteiger partial charge in [0.2, 0.25) is 11.8 Å². The summed E-state index contributed by atoms with van der Waals surface area (Å²) in [5.74, 6) is -0.267. The van der Waals surface area contributed by atoms with Gasteiger partial charge in [-0.25, -0.2) is 8.42 Å². The van der Waals surface area contributed by atoms with Crippen molar-refractivity contribution in [3.8, 4) is 5.75 Å². The third-order valence-electron chi connectivity index (χ3n) is 7.41. The maximum atomic E-state index is 14.5.